The lowest BCUT2D eigenvalue weighted by Crippen LogP contribution is -2.21. The van der Waals surface area contributed by atoms with Crippen molar-refractivity contribution in [2.75, 3.05) is 13.1 Å². The van der Waals surface area contributed by atoms with Gasteiger partial charge in [0, 0.05) is 18.8 Å². The highest BCUT2D eigenvalue weighted by molar-refractivity contribution is 5.16. The van der Waals surface area contributed by atoms with Gasteiger partial charge in [-0.05, 0) is 25.7 Å². The first-order valence-corrected chi connectivity index (χ1v) is 5.59. The fraction of sp³-hybridized carbons (Fsp3) is 0.583. The molecule has 0 bridgehead atoms. The van der Waals surface area contributed by atoms with Crippen LogP contribution in [0.25, 0.3) is 0 Å². The fourth-order valence-electron chi connectivity index (χ4n) is 2.08. The van der Waals surface area contributed by atoms with E-state index in [1.54, 1.807) is 0 Å². The van der Waals surface area contributed by atoms with E-state index in [1.807, 2.05) is 6.33 Å². The van der Waals surface area contributed by atoms with Gasteiger partial charge in [-0.15, -0.1) is 6.42 Å². The zero-order valence-corrected chi connectivity index (χ0v) is 9.00. The number of aryl methyl sites for hydroxylation is 1. The summed E-state index contributed by atoms with van der Waals surface area (Å²) in [6, 6.07) is 0. The number of terminal acetylenes is 1. The van der Waals surface area contributed by atoms with Crippen LogP contribution in [0.5, 0.6) is 0 Å². The van der Waals surface area contributed by atoms with Gasteiger partial charge in [-0.25, -0.2) is 4.98 Å². The molecule has 1 aliphatic rings. The standard InChI is InChI=1S/C12H17N3/c1-2-7-13-8-9-15-10-14-11-5-3-4-6-12(11)15/h1,10,13H,3-9H2. The van der Waals surface area contributed by atoms with Gasteiger partial charge in [0.25, 0.3) is 0 Å². The molecule has 15 heavy (non-hydrogen) atoms. The van der Waals surface area contributed by atoms with Crippen molar-refractivity contribution in [3.8, 4) is 12.3 Å². The third-order valence-electron chi connectivity index (χ3n) is 2.87. The Kier molecular flexibility index (Phi) is 3.41. The van der Waals surface area contributed by atoms with Crippen molar-refractivity contribution in [1.29, 1.82) is 0 Å². The summed E-state index contributed by atoms with van der Waals surface area (Å²) in [6.07, 6.45) is 12.1. The van der Waals surface area contributed by atoms with E-state index in [9.17, 15) is 0 Å². The SMILES string of the molecule is C#CCNCCn1cnc2c1CCCC2. The molecule has 0 atom stereocenters. The Morgan fingerprint density at radius 2 is 2.33 bits per heavy atom. The number of rotatable bonds is 4. The third-order valence-corrected chi connectivity index (χ3v) is 2.87. The molecule has 1 heterocycles. The summed E-state index contributed by atoms with van der Waals surface area (Å²) in [5, 5.41) is 3.20. The number of hydrogen-bond acceptors (Lipinski definition) is 2. The molecule has 3 heteroatoms. The van der Waals surface area contributed by atoms with Gasteiger partial charge in [0.1, 0.15) is 0 Å². The monoisotopic (exact) mass is 203 g/mol. The van der Waals surface area contributed by atoms with E-state index < -0.39 is 0 Å². The number of nitrogens with zero attached hydrogens (tertiary/aromatic N) is 2. The minimum atomic E-state index is 0.650. The second-order valence-electron chi connectivity index (χ2n) is 3.92. The molecule has 0 spiro atoms. The number of nitrogens with one attached hydrogen (secondary N) is 1. The molecular weight excluding hydrogens is 186 g/mol. The van der Waals surface area contributed by atoms with Crippen LogP contribution in [0, 0.1) is 12.3 Å². The minimum Gasteiger partial charge on any atom is -0.333 e. The predicted molar refractivity (Wildman–Crippen MR) is 60.6 cm³/mol. The molecule has 80 valence electrons. The Labute approximate surface area is 90.9 Å². The molecule has 0 aliphatic heterocycles. The Hall–Kier alpha value is -1.27. The molecule has 0 saturated heterocycles. The van der Waals surface area contributed by atoms with Crippen LogP contribution in [0.2, 0.25) is 0 Å². The number of aromatic nitrogens is 2. The topological polar surface area (TPSA) is 29.9 Å². The van der Waals surface area contributed by atoms with E-state index in [2.05, 4.69) is 20.8 Å². The lowest BCUT2D eigenvalue weighted by Gasteiger charge is -2.13. The maximum atomic E-state index is 5.17. The van der Waals surface area contributed by atoms with Gasteiger partial charge in [-0.1, -0.05) is 5.92 Å². The highest BCUT2D eigenvalue weighted by atomic mass is 15.1. The summed E-state index contributed by atoms with van der Waals surface area (Å²) in [5.74, 6) is 2.57. The molecule has 1 aromatic rings. The maximum Gasteiger partial charge on any atom is 0.0952 e. The quantitative estimate of drug-likeness (QED) is 0.584. The van der Waals surface area contributed by atoms with E-state index in [0.717, 1.165) is 19.5 Å². The highest BCUT2D eigenvalue weighted by Gasteiger charge is 2.14. The van der Waals surface area contributed by atoms with Gasteiger partial charge < -0.3 is 9.88 Å². The molecule has 1 aliphatic carbocycles. The summed E-state index contributed by atoms with van der Waals surface area (Å²) in [6.45, 7) is 2.55. The van der Waals surface area contributed by atoms with Gasteiger partial charge in [0.15, 0.2) is 0 Å². The summed E-state index contributed by atoms with van der Waals surface area (Å²) in [7, 11) is 0. The second kappa shape index (κ2) is 4.99. The molecular formula is C12H17N3. The average Bonchev–Trinajstić information content (AvgIpc) is 2.68. The van der Waals surface area contributed by atoms with E-state index in [1.165, 1.54) is 30.7 Å². The van der Waals surface area contributed by atoms with Crippen LogP contribution in [0.4, 0.5) is 0 Å². The Bertz CT molecular complexity index is 359. The third kappa shape index (κ3) is 2.40. The van der Waals surface area contributed by atoms with E-state index in [4.69, 9.17) is 6.42 Å². The van der Waals surface area contributed by atoms with Crippen LogP contribution in [-0.4, -0.2) is 22.6 Å². The van der Waals surface area contributed by atoms with Crippen molar-refractivity contribution in [3.05, 3.63) is 17.7 Å². The summed E-state index contributed by atoms with van der Waals surface area (Å²) < 4.78 is 2.26. The molecule has 0 saturated carbocycles. The fourth-order valence-corrected chi connectivity index (χ4v) is 2.08. The lowest BCUT2D eigenvalue weighted by atomic mass is 10.0. The second-order valence-corrected chi connectivity index (χ2v) is 3.92. The molecule has 2 rings (SSSR count). The molecule has 0 fully saturated rings. The first-order chi connectivity index (χ1) is 7.42. The zero-order chi connectivity index (χ0) is 10.5. The molecule has 0 unspecified atom stereocenters. The summed E-state index contributed by atoms with van der Waals surface area (Å²) >= 11 is 0. The molecule has 0 radical (unpaired) electrons. The normalized spacial score (nSPS) is 14.6. The Morgan fingerprint density at radius 1 is 1.47 bits per heavy atom. The van der Waals surface area contributed by atoms with Crippen LogP contribution in [0.15, 0.2) is 6.33 Å². The van der Waals surface area contributed by atoms with Gasteiger partial charge in [-0.3, -0.25) is 0 Å². The van der Waals surface area contributed by atoms with Gasteiger partial charge in [-0.2, -0.15) is 0 Å². The molecule has 0 amide bonds. The van der Waals surface area contributed by atoms with Crippen LogP contribution in [0.1, 0.15) is 24.2 Å². The van der Waals surface area contributed by atoms with Gasteiger partial charge in [0.2, 0.25) is 0 Å². The van der Waals surface area contributed by atoms with E-state index in [0.29, 0.717) is 6.54 Å². The van der Waals surface area contributed by atoms with E-state index >= 15 is 0 Å². The van der Waals surface area contributed by atoms with Crippen molar-refractivity contribution >= 4 is 0 Å². The smallest absolute Gasteiger partial charge is 0.0952 e. The average molecular weight is 203 g/mol. The number of imidazole rings is 1. The highest BCUT2D eigenvalue weighted by Crippen LogP contribution is 2.19. The first-order valence-electron chi connectivity index (χ1n) is 5.59. The predicted octanol–water partition coefficient (Wildman–Crippen LogP) is 0.985. The van der Waals surface area contributed by atoms with Crippen LogP contribution < -0.4 is 5.32 Å². The van der Waals surface area contributed by atoms with Gasteiger partial charge >= 0.3 is 0 Å². The van der Waals surface area contributed by atoms with Crippen LogP contribution >= 0.6 is 0 Å². The lowest BCUT2D eigenvalue weighted by molar-refractivity contribution is 0.579. The van der Waals surface area contributed by atoms with Crippen LogP contribution in [0.3, 0.4) is 0 Å². The van der Waals surface area contributed by atoms with Crippen molar-refractivity contribution in [2.45, 2.75) is 32.2 Å². The van der Waals surface area contributed by atoms with Gasteiger partial charge in [0.05, 0.1) is 18.6 Å². The van der Waals surface area contributed by atoms with Crippen molar-refractivity contribution < 1.29 is 0 Å². The largest absolute Gasteiger partial charge is 0.333 e. The Morgan fingerprint density at radius 3 is 3.20 bits per heavy atom. The number of fused-ring (bicyclic) bond motifs is 1. The Balaban J connectivity index is 1.91. The summed E-state index contributed by atoms with van der Waals surface area (Å²) in [4.78, 5) is 4.45. The first kappa shape index (κ1) is 10.3. The molecule has 3 nitrogen and oxygen atoms in total. The van der Waals surface area contributed by atoms with Crippen molar-refractivity contribution in [1.82, 2.24) is 14.9 Å². The summed E-state index contributed by atoms with van der Waals surface area (Å²) in [5.41, 5.74) is 2.74. The molecule has 1 aromatic heterocycles. The molecule has 0 aromatic carbocycles. The maximum absolute atomic E-state index is 5.17. The van der Waals surface area contributed by atoms with Crippen LogP contribution in [-0.2, 0) is 19.4 Å². The van der Waals surface area contributed by atoms with Crippen molar-refractivity contribution in [2.24, 2.45) is 0 Å². The molecule has 1 N–H and O–H groups in total. The number of hydrogen-bond donors (Lipinski definition) is 1. The van der Waals surface area contributed by atoms with Crippen molar-refractivity contribution in [3.63, 3.8) is 0 Å². The zero-order valence-electron chi connectivity index (χ0n) is 9.00. The van der Waals surface area contributed by atoms with E-state index in [-0.39, 0.29) is 0 Å². The minimum absolute atomic E-state index is 0.650.